The number of carboxylic acids is 1. The molecule has 0 atom stereocenters. The van der Waals surface area contributed by atoms with E-state index in [1.807, 2.05) is 0 Å². The molecular formula is C7H12F3NO2S. The van der Waals surface area contributed by atoms with Crippen LogP contribution >= 0.6 is 11.8 Å². The van der Waals surface area contributed by atoms with E-state index in [1.54, 1.807) is 11.9 Å². The van der Waals surface area contributed by atoms with Crippen LogP contribution in [0.3, 0.4) is 0 Å². The number of hydrogen-bond donors (Lipinski definition) is 1. The van der Waals surface area contributed by atoms with E-state index in [0.717, 1.165) is 0 Å². The van der Waals surface area contributed by atoms with E-state index in [1.165, 1.54) is 0 Å². The second-order valence-electron chi connectivity index (χ2n) is 2.74. The van der Waals surface area contributed by atoms with Gasteiger partial charge in [0.15, 0.2) is 0 Å². The van der Waals surface area contributed by atoms with Gasteiger partial charge in [-0.25, -0.2) is 0 Å². The highest BCUT2D eigenvalue weighted by molar-refractivity contribution is 8.00. The predicted octanol–water partition coefficient (Wildman–Crippen LogP) is 1.65. The Morgan fingerprint density at radius 2 is 2.00 bits per heavy atom. The third kappa shape index (κ3) is 9.66. The second kappa shape index (κ2) is 6.13. The number of hydrogen-bond acceptors (Lipinski definition) is 3. The van der Waals surface area contributed by atoms with Crippen LogP contribution in [0.1, 0.15) is 6.42 Å². The molecule has 0 heterocycles. The molecule has 0 radical (unpaired) electrons. The lowest BCUT2D eigenvalue weighted by atomic mass is 10.4. The van der Waals surface area contributed by atoms with Crippen molar-refractivity contribution in [3.8, 4) is 0 Å². The molecule has 3 nitrogen and oxygen atoms in total. The first kappa shape index (κ1) is 13.6. The van der Waals surface area contributed by atoms with Gasteiger partial charge in [-0.3, -0.25) is 4.79 Å². The van der Waals surface area contributed by atoms with Gasteiger partial charge in [-0.2, -0.15) is 13.2 Å². The molecule has 0 bridgehead atoms. The van der Waals surface area contributed by atoms with Crippen molar-refractivity contribution in [3.63, 3.8) is 0 Å². The summed E-state index contributed by atoms with van der Waals surface area (Å²) in [5, 5.41) is 8.31. The van der Waals surface area contributed by atoms with Gasteiger partial charge in [0.25, 0.3) is 0 Å². The van der Waals surface area contributed by atoms with Crippen LogP contribution in [-0.4, -0.2) is 47.4 Å². The van der Waals surface area contributed by atoms with Crippen LogP contribution in [-0.2, 0) is 4.79 Å². The summed E-state index contributed by atoms with van der Waals surface area (Å²) in [7, 11) is 1.60. The third-order valence-electron chi connectivity index (χ3n) is 1.45. The smallest absolute Gasteiger partial charge is 0.441 e. The molecule has 0 aliphatic rings. The fraction of sp³-hybridized carbons (Fsp3) is 0.857. The van der Waals surface area contributed by atoms with Crippen molar-refractivity contribution < 1.29 is 23.1 Å². The fourth-order valence-electron chi connectivity index (χ4n) is 0.716. The van der Waals surface area contributed by atoms with Crippen molar-refractivity contribution >= 4 is 17.7 Å². The molecule has 0 amide bonds. The Kier molecular flexibility index (Phi) is 5.94. The van der Waals surface area contributed by atoms with Gasteiger partial charge >= 0.3 is 11.5 Å². The van der Waals surface area contributed by atoms with Crippen molar-refractivity contribution in [2.24, 2.45) is 0 Å². The van der Waals surface area contributed by atoms with Gasteiger partial charge in [-0.15, -0.1) is 0 Å². The molecule has 84 valence electrons. The van der Waals surface area contributed by atoms with Crippen LogP contribution < -0.4 is 0 Å². The Morgan fingerprint density at radius 3 is 2.43 bits per heavy atom. The SMILES string of the molecule is CN(CCSC(F)(F)F)CCC(=O)O. The highest BCUT2D eigenvalue weighted by atomic mass is 32.2. The summed E-state index contributed by atoms with van der Waals surface area (Å²) in [6.07, 6.45) is -0.0484. The number of halogens is 3. The first-order chi connectivity index (χ1) is 6.31. The number of rotatable bonds is 6. The lowest BCUT2D eigenvalue weighted by Gasteiger charge is -2.15. The zero-order valence-corrected chi connectivity index (χ0v) is 8.49. The highest BCUT2D eigenvalue weighted by Crippen LogP contribution is 2.29. The molecule has 0 aromatic rings. The monoisotopic (exact) mass is 231 g/mol. The Hall–Kier alpha value is -0.430. The number of nitrogens with zero attached hydrogens (tertiary/aromatic N) is 1. The van der Waals surface area contributed by atoms with Crippen molar-refractivity contribution in [3.05, 3.63) is 0 Å². The quantitative estimate of drug-likeness (QED) is 0.754. The lowest BCUT2D eigenvalue weighted by molar-refractivity contribution is -0.137. The van der Waals surface area contributed by atoms with Crippen molar-refractivity contribution in [2.45, 2.75) is 11.9 Å². The summed E-state index contributed by atoms with van der Waals surface area (Å²) in [5.74, 6) is -1.01. The number of thioether (sulfide) groups is 1. The van der Waals surface area contributed by atoms with E-state index in [4.69, 9.17) is 5.11 Å². The molecular weight excluding hydrogens is 219 g/mol. The summed E-state index contributed by atoms with van der Waals surface area (Å²) in [5.41, 5.74) is -4.20. The van der Waals surface area contributed by atoms with Crippen LogP contribution in [0, 0.1) is 0 Å². The third-order valence-corrected chi connectivity index (χ3v) is 2.16. The van der Waals surface area contributed by atoms with E-state index in [-0.39, 0.29) is 37.0 Å². The van der Waals surface area contributed by atoms with Crippen LogP contribution in [0.5, 0.6) is 0 Å². The van der Waals surface area contributed by atoms with E-state index in [0.29, 0.717) is 0 Å². The van der Waals surface area contributed by atoms with Gasteiger partial charge in [0.05, 0.1) is 6.42 Å². The van der Waals surface area contributed by atoms with Crippen LogP contribution in [0.25, 0.3) is 0 Å². The van der Waals surface area contributed by atoms with Crippen LogP contribution in [0.2, 0.25) is 0 Å². The molecule has 0 aromatic heterocycles. The molecule has 0 unspecified atom stereocenters. The number of carbonyl (C=O) groups is 1. The molecule has 0 spiro atoms. The minimum Gasteiger partial charge on any atom is -0.481 e. The average molecular weight is 231 g/mol. The molecule has 0 saturated carbocycles. The fourth-order valence-corrected chi connectivity index (χ4v) is 1.35. The van der Waals surface area contributed by atoms with E-state index >= 15 is 0 Å². The Balaban J connectivity index is 3.45. The largest absolute Gasteiger partial charge is 0.481 e. The van der Waals surface area contributed by atoms with Crippen molar-refractivity contribution in [2.75, 3.05) is 25.9 Å². The second-order valence-corrected chi connectivity index (χ2v) is 3.90. The summed E-state index contributed by atoms with van der Waals surface area (Å²) in [4.78, 5) is 11.7. The molecule has 0 saturated heterocycles. The van der Waals surface area contributed by atoms with Gasteiger partial charge in [-0.05, 0) is 18.8 Å². The zero-order valence-electron chi connectivity index (χ0n) is 7.67. The molecule has 0 aromatic carbocycles. The average Bonchev–Trinajstić information content (AvgIpc) is 1.98. The molecule has 7 heteroatoms. The molecule has 0 aliphatic heterocycles. The van der Waals surface area contributed by atoms with Gasteiger partial charge < -0.3 is 10.0 Å². The van der Waals surface area contributed by atoms with Crippen molar-refractivity contribution in [1.29, 1.82) is 0 Å². The van der Waals surface area contributed by atoms with E-state index < -0.39 is 11.5 Å². The topological polar surface area (TPSA) is 40.5 Å². The summed E-state index contributed by atoms with van der Waals surface area (Å²) in [6.45, 7) is 0.505. The lowest BCUT2D eigenvalue weighted by Crippen LogP contribution is -2.25. The van der Waals surface area contributed by atoms with Gasteiger partial charge in [0.1, 0.15) is 0 Å². The van der Waals surface area contributed by atoms with Crippen molar-refractivity contribution in [1.82, 2.24) is 4.90 Å². The highest BCUT2D eigenvalue weighted by Gasteiger charge is 2.27. The standard InChI is InChI=1S/C7H12F3NO2S/c1-11(3-2-6(12)13)4-5-14-7(8,9)10/h2-5H2,1H3,(H,12,13). The Labute approximate surface area is 84.3 Å². The molecule has 0 aliphatic carbocycles. The Bertz CT molecular complexity index is 186. The summed E-state index contributed by atoms with van der Waals surface area (Å²) < 4.78 is 35.0. The number of alkyl halides is 3. The number of carboxylic acid groups (broad SMARTS) is 1. The van der Waals surface area contributed by atoms with Gasteiger partial charge in [0.2, 0.25) is 0 Å². The maximum Gasteiger partial charge on any atom is 0.441 e. The summed E-state index contributed by atoms with van der Waals surface area (Å²) >= 11 is -0.0929. The minimum atomic E-state index is -4.20. The van der Waals surface area contributed by atoms with Gasteiger partial charge in [-0.1, -0.05) is 0 Å². The molecule has 0 fully saturated rings. The first-order valence-electron chi connectivity index (χ1n) is 3.92. The first-order valence-corrected chi connectivity index (χ1v) is 4.91. The maximum absolute atomic E-state index is 11.7. The summed E-state index contributed by atoms with van der Waals surface area (Å²) in [6, 6.07) is 0. The number of aliphatic carboxylic acids is 1. The normalized spacial score (nSPS) is 12.1. The van der Waals surface area contributed by atoms with Gasteiger partial charge in [0, 0.05) is 18.8 Å². The predicted molar refractivity (Wildman–Crippen MR) is 48.3 cm³/mol. The van der Waals surface area contributed by atoms with E-state index in [2.05, 4.69) is 0 Å². The Morgan fingerprint density at radius 1 is 1.43 bits per heavy atom. The molecule has 14 heavy (non-hydrogen) atoms. The molecule has 1 N–H and O–H groups in total. The maximum atomic E-state index is 11.7. The zero-order chi connectivity index (χ0) is 11.2. The van der Waals surface area contributed by atoms with Crippen LogP contribution in [0.15, 0.2) is 0 Å². The molecule has 0 rings (SSSR count). The van der Waals surface area contributed by atoms with E-state index in [9.17, 15) is 18.0 Å². The van der Waals surface area contributed by atoms with Crippen LogP contribution in [0.4, 0.5) is 13.2 Å². The minimum absolute atomic E-state index is 0.0484.